The van der Waals surface area contributed by atoms with Crippen molar-refractivity contribution >= 4 is 11.9 Å². The number of rotatable bonds is 75. The molecule has 514 valence electrons. The lowest BCUT2D eigenvalue weighted by Crippen LogP contribution is -2.45. The van der Waals surface area contributed by atoms with Crippen LogP contribution in [-0.4, -0.2) is 47.4 Å². The van der Waals surface area contributed by atoms with E-state index in [9.17, 15) is 19.8 Å². The molecule has 0 aromatic heterocycles. The van der Waals surface area contributed by atoms with Crippen LogP contribution < -0.4 is 5.32 Å². The standard InChI is InChI=1S/C81H155NO5/c1-3-5-7-9-11-13-15-17-19-21-23-24-31-34-38-41-45-49-53-57-61-65-69-73-79(84)78(77-83)82-80(85)74-70-66-62-58-54-50-46-42-39-35-32-29-27-25-26-28-30-33-36-40-44-48-52-56-60-64-68-72-76-87-81(86)75-71-67-63-59-55-51-47-43-37-22-20-18-16-14-12-10-8-6-4-2/h12,14,18,20,69,73,78-79,83-84H,3-11,13,15-17,19,21-68,70-72,74-77H2,1-2H3,(H,82,85)/b14-12-,20-18-,73-69+. The second-order valence-electron chi connectivity index (χ2n) is 27.4. The Balaban J connectivity index is 3.36. The molecule has 2 atom stereocenters. The highest BCUT2D eigenvalue weighted by Gasteiger charge is 2.18. The molecular weight excluding hydrogens is 1070 g/mol. The molecule has 0 rings (SSSR count). The number of nitrogens with one attached hydrogen (secondary N) is 1. The maximum absolute atomic E-state index is 12.6. The third kappa shape index (κ3) is 73.0. The fraction of sp³-hybridized carbons (Fsp3) is 0.901. The van der Waals surface area contributed by atoms with Crippen molar-refractivity contribution in [1.29, 1.82) is 0 Å². The average molecular weight is 1220 g/mol. The number of carbonyl (C=O) groups excluding carboxylic acids is 2. The molecule has 0 aliphatic heterocycles. The SMILES string of the molecule is CCCCC/C=C\C/C=C\CCCCCCCCCCCC(=O)OCCCCCCCCCCCCCCCCCCCCCCCCCCCCCCC(=O)NC(CO)C(O)/C=C/CCCCCCCCCCCCCCCCCCCCCCC. The van der Waals surface area contributed by atoms with Gasteiger partial charge in [0, 0.05) is 12.8 Å². The first-order valence-corrected chi connectivity index (χ1v) is 39.8. The van der Waals surface area contributed by atoms with Crippen molar-refractivity contribution in [2.75, 3.05) is 13.2 Å². The Kier molecular flexibility index (Phi) is 74.8. The van der Waals surface area contributed by atoms with Crippen LogP contribution >= 0.6 is 0 Å². The molecule has 3 N–H and O–H groups in total. The van der Waals surface area contributed by atoms with Gasteiger partial charge in [-0.2, -0.15) is 0 Å². The number of esters is 1. The number of aliphatic hydroxyl groups is 2. The van der Waals surface area contributed by atoms with Crippen LogP contribution in [0.5, 0.6) is 0 Å². The molecule has 87 heavy (non-hydrogen) atoms. The van der Waals surface area contributed by atoms with Crippen molar-refractivity contribution in [1.82, 2.24) is 5.32 Å². The first-order valence-electron chi connectivity index (χ1n) is 39.8. The molecule has 0 aromatic carbocycles. The molecular formula is C81H155NO5. The molecule has 6 heteroatoms. The van der Waals surface area contributed by atoms with Crippen molar-refractivity contribution in [3.05, 3.63) is 36.5 Å². The molecule has 0 aliphatic carbocycles. The first-order chi connectivity index (χ1) is 43.0. The van der Waals surface area contributed by atoms with Gasteiger partial charge in [-0.25, -0.2) is 0 Å². The van der Waals surface area contributed by atoms with Crippen LogP contribution in [0, 0.1) is 0 Å². The molecule has 0 saturated heterocycles. The Morgan fingerprint density at radius 1 is 0.322 bits per heavy atom. The summed E-state index contributed by atoms with van der Waals surface area (Å²) in [5.41, 5.74) is 0. The van der Waals surface area contributed by atoms with E-state index in [0.29, 0.717) is 19.4 Å². The second-order valence-corrected chi connectivity index (χ2v) is 27.4. The van der Waals surface area contributed by atoms with E-state index in [1.54, 1.807) is 6.08 Å². The third-order valence-electron chi connectivity index (χ3n) is 18.7. The Labute approximate surface area is 544 Å². The van der Waals surface area contributed by atoms with Gasteiger partial charge in [-0.1, -0.05) is 403 Å². The van der Waals surface area contributed by atoms with Gasteiger partial charge in [-0.05, 0) is 64.2 Å². The fourth-order valence-electron chi connectivity index (χ4n) is 12.6. The summed E-state index contributed by atoms with van der Waals surface area (Å²) >= 11 is 0. The number of unbranched alkanes of at least 4 members (excludes halogenated alkanes) is 60. The number of amides is 1. The summed E-state index contributed by atoms with van der Waals surface area (Å²) in [6, 6.07) is -0.627. The van der Waals surface area contributed by atoms with Gasteiger partial charge >= 0.3 is 5.97 Å². The second kappa shape index (κ2) is 76.5. The van der Waals surface area contributed by atoms with Gasteiger partial charge in [0.25, 0.3) is 0 Å². The minimum Gasteiger partial charge on any atom is -0.466 e. The normalized spacial score (nSPS) is 12.6. The highest BCUT2D eigenvalue weighted by molar-refractivity contribution is 5.76. The predicted molar refractivity (Wildman–Crippen MR) is 384 cm³/mol. The molecule has 0 spiro atoms. The lowest BCUT2D eigenvalue weighted by atomic mass is 10.0. The Morgan fingerprint density at radius 2 is 0.575 bits per heavy atom. The summed E-state index contributed by atoms with van der Waals surface area (Å²) in [6.07, 6.45) is 99.7. The Morgan fingerprint density at radius 3 is 0.897 bits per heavy atom. The van der Waals surface area contributed by atoms with Crippen LogP contribution in [0.15, 0.2) is 36.5 Å². The molecule has 0 aliphatic rings. The number of hydrogen-bond acceptors (Lipinski definition) is 5. The Hall–Kier alpha value is -1.92. The van der Waals surface area contributed by atoms with Gasteiger partial charge in [0.1, 0.15) is 0 Å². The highest BCUT2D eigenvalue weighted by atomic mass is 16.5. The van der Waals surface area contributed by atoms with Gasteiger partial charge in [0.15, 0.2) is 0 Å². The van der Waals surface area contributed by atoms with Crippen LogP contribution in [0.4, 0.5) is 0 Å². The largest absolute Gasteiger partial charge is 0.466 e. The summed E-state index contributed by atoms with van der Waals surface area (Å²) in [4.78, 5) is 24.7. The van der Waals surface area contributed by atoms with E-state index in [4.69, 9.17) is 4.74 Å². The van der Waals surface area contributed by atoms with Crippen LogP contribution in [0.2, 0.25) is 0 Å². The number of carbonyl (C=O) groups is 2. The topological polar surface area (TPSA) is 95.9 Å². The first kappa shape index (κ1) is 85.1. The van der Waals surface area contributed by atoms with Gasteiger partial charge in [-0.3, -0.25) is 9.59 Å². The summed E-state index contributed by atoms with van der Waals surface area (Å²) in [7, 11) is 0. The van der Waals surface area contributed by atoms with Crippen LogP contribution in [0.1, 0.15) is 444 Å². The van der Waals surface area contributed by atoms with Gasteiger partial charge in [0.05, 0.1) is 25.4 Å². The van der Waals surface area contributed by atoms with E-state index in [2.05, 4.69) is 43.5 Å². The zero-order valence-corrected chi connectivity index (χ0v) is 59.0. The maximum atomic E-state index is 12.6. The maximum Gasteiger partial charge on any atom is 0.305 e. The van der Waals surface area contributed by atoms with Crippen LogP contribution in [0.25, 0.3) is 0 Å². The molecule has 0 bridgehead atoms. The van der Waals surface area contributed by atoms with E-state index in [1.807, 2.05) is 6.08 Å². The van der Waals surface area contributed by atoms with Crippen molar-refractivity contribution in [3.63, 3.8) is 0 Å². The van der Waals surface area contributed by atoms with Crippen molar-refractivity contribution in [2.24, 2.45) is 0 Å². The molecule has 6 nitrogen and oxygen atoms in total. The van der Waals surface area contributed by atoms with Gasteiger partial charge < -0.3 is 20.3 Å². The summed E-state index contributed by atoms with van der Waals surface area (Å²) < 4.78 is 5.51. The van der Waals surface area contributed by atoms with Crippen molar-refractivity contribution < 1.29 is 24.5 Å². The number of allylic oxidation sites excluding steroid dienone is 5. The molecule has 1 amide bonds. The molecule has 2 unspecified atom stereocenters. The Bertz CT molecular complexity index is 1410. The zero-order valence-electron chi connectivity index (χ0n) is 59.0. The predicted octanol–water partition coefficient (Wildman–Crippen LogP) is 26.2. The quantitative estimate of drug-likeness (QED) is 0.0320. The molecule has 0 saturated carbocycles. The van der Waals surface area contributed by atoms with E-state index in [1.165, 1.54) is 366 Å². The van der Waals surface area contributed by atoms with Crippen LogP contribution in [0.3, 0.4) is 0 Å². The minimum absolute atomic E-state index is 0.0156. The van der Waals surface area contributed by atoms with Crippen molar-refractivity contribution in [3.8, 4) is 0 Å². The number of ether oxygens (including phenoxy) is 1. The molecule has 0 aromatic rings. The molecule has 0 heterocycles. The number of hydrogen-bond donors (Lipinski definition) is 3. The third-order valence-corrected chi connectivity index (χ3v) is 18.7. The van der Waals surface area contributed by atoms with E-state index >= 15 is 0 Å². The zero-order chi connectivity index (χ0) is 62.8. The summed E-state index contributed by atoms with van der Waals surface area (Å²) in [5.74, 6) is -0.0444. The lowest BCUT2D eigenvalue weighted by Gasteiger charge is -2.20. The van der Waals surface area contributed by atoms with Crippen molar-refractivity contribution in [2.45, 2.75) is 456 Å². The highest BCUT2D eigenvalue weighted by Crippen LogP contribution is 2.20. The van der Waals surface area contributed by atoms with E-state index in [-0.39, 0.29) is 18.5 Å². The summed E-state index contributed by atoms with van der Waals surface area (Å²) in [6.45, 7) is 4.93. The lowest BCUT2D eigenvalue weighted by molar-refractivity contribution is -0.143. The van der Waals surface area contributed by atoms with E-state index in [0.717, 1.165) is 51.4 Å². The van der Waals surface area contributed by atoms with Gasteiger partial charge in [-0.15, -0.1) is 0 Å². The van der Waals surface area contributed by atoms with Crippen LogP contribution in [-0.2, 0) is 14.3 Å². The van der Waals surface area contributed by atoms with Gasteiger partial charge in [0.2, 0.25) is 5.91 Å². The summed E-state index contributed by atoms with van der Waals surface area (Å²) in [5, 5.41) is 23.3. The molecule has 0 fully saturated rings. The number of aliphatic hydroxyl groups excluding tert-OH is 2. The minimum atomic E-state index is -0.844. The smallest absolute Gasteiger partial charge is 0.305 e. The monoisotopic (exact) mass is 1220 g/mol. The van der Waals surface area contributed by atoms with E-state index < -0.39 is 12.1 Å². The average Bonchev–Trinajstić information content (AvgIpc) is 3.52. The molecule has 0 radical (unpaired) electrons. The fourth-order valence-corrected chi connectivity index (χ4v) is 12.6.